The Morgan fingerprint density at radius 2 is 2.36 bits per heavy atom. The second kappa shape index (κ2) is 6.38. The lowest BCUT2D eigenvalue weighted by Gasteiger charge is -2.10. The molecule has 0 aliphatic heterocycles. The van der Waals surface area contributed by atoms with Crippen molar-refractivity contribution in [2.75, 3.05) is 12.3 Å². The molecule has 1 heterocycles. The van der Waals surface area contributed by atoms with Crippen molar-refractivity contribution in [1.29, 1.82) is 0 Å². The van der Waals surface area contributed by atoms with E-state index in [4.69, 9.17) is 16.0 Å². The number of hydrogen-bond donors (Lipinski definition) is 1. The van der Waals surface area contributed by atoms with Crippen LogP contribution in [0.4, 0.5) is 0 Å². The van der Waals surface area contributed by atoms with Crippen molar-refractivity contribution in [3.63, 3.8) is 0 Å². The molecular formula is C10H16ClNOS. The third kappa shape index (κ3) is 4.40. The molecule has 1 atom stereocenters. The van der Waals surface area contributed by atoms with Gasteiger partial charge < -0.3 is 9.73 Å². The van der Waals surface area contributed by atoms with Gasteiger partial charge in [0.1, 0.15) is 5.76 Å². The average Bonchev–Trinajstić information content (AvgIpc) is 2.52. The van der Waals surface area contributed by atoms with Crippen LogP contribution in [0.25, 0.3) is 0 Å². The van der Waals surface area contributed by atoms with Gasteiger partial charge in [-0.25, -0.2) is 0 Å². The van der Waals surface area contributed by atoms with E-state index in [2.05, 4.69) is 19.2 Å². The molecule has 0 spiro atoms. The summed E-state index contributed by atoms with van der Waals surface area (Å²) >= 11 is 7.52. The van der Waals surface area contributed by atoms with Gasteiger partial charge in [0, 0.05) is 11.8 Å². The highest BCUT2D eigenvalue weighted by Gasteiger charge is 2.02. The van der Waals surface area contributed by atoms with Crippen molar-refractivity contribution in [1.82, 2.24) is 5.32 Å². The van der Waals surface area contributed by atoms with Gasteiger partial charge in [-0.1, -0.05) is 6.92 Å². The van der Waals surface area contributed by atoms with E-state index in [0.717, 1.165) is 23.8 Å². The van der Waals surface area contributed by atoms with E-state index in [1.54, 1.807) is 6.07 Å². The summed E-state index contributed by atoms with van der Waals surface area (Å²) in [6.45, 7) is 5.33. The van der Waals surface area contributed by atoms with Gasteiger partial charge in [0.15, 0.2) is 5.22 Å². The third-order valence-electron chi connectivity index (χ3n) is 1.79. The molecule has 4 heteroatoms. The first kappa shape index (κ1) is 12.0. The predicted octanol–water partition coefficient (Wildman–Crippen LogP) is 3.16. The summed E-state index contributed by atoms with van der Waals surface area (Å²) in [7, 11) is 0. The maximum absolute atomic E-state index is 5.66. The van der Waals surface area contributed by atoms with Gasteiger partial charge in [0.25, 0.3) is 0 Å². The Labute approximate surface area is 94.4 Å². The fourth-order valence-electron chi connectivity index (χ4n) is 1.17. The van der Waals surface area contributed by atoms with E-state index >= 15 is 0 Å². The summed E-state index contributed by atoms with van der Waals surface area (Å²) in [4.78, 5) is 0. The van der Waals surface area contributed by atoms with Crippen LogP contribution in [-0.4, -0.2) is 18.3 Å². The smallest absolute Gasteiger partial charge is 0.193 e. The molecule has 1 unspecified atom stereocenters. The van der Waals surface area contributed by atoms with E-state index in [-0.39, 0.29) is 0 Å². The highest BCUT2D eigenvalue weighted by Crippen LogP contribution is 2.18. The van der Waals surface area contributed by atoms with Crippen LogP contribution in [0.5, 0.6) is 0 Å². The van der Waals surface area contributed by atoms with Gasteiger partial charge in [-0.2, -0.15) is 11.8 Å². The Kier molecular flexibility index (Phi) is 5.45. The summed E-state index contributed by atoms with van der Waals surface area (Å²) in [6, 6.07) is 4.26. The Morgan fingerprint density at radius 3 is 2.93 bits per heavy atom. The number of halogens is 1. The van der Waals surface area contributed by atoms with E-state index in [1.807, 2.05) is 17.8 Å². The molecule has 0 saturated heterocycles. The van der Waals surface area contributed by atoms with E-state index in [0.29, 0.717) is 11.3 Å². The minimum absolute atomic E-state index is 0.473. The van der Waals surface area contributed by atoms with Gasteiger partial charge in [-0.3, -0.25) is 0 Å². The maximum Gasteiger partial charge on any atom is 0.193 e. The van der Waals surface area contributed by atoms with Crippen molar-refractivity contribution < 1.29 is 4.42 Å². The zero-order chi connectivity index (χ0) is 10.4. The first-order valence-corrected chi connectivity index (χ1v) is 6.31. The lowest BCUT2D eigenvalue weighted by atomic mass is 10.4. The number of hydrogen-bond acceptors (Lipinski definition) is 3. The van der Waals surface area contributed by atoms with Crippen LogP contribution in [-0.2, 0) is 5.75 Å². The molecule has 1 rings (SSSR count). The largest absolute Gasteiger partial charge is 0.449 e. The standard InChI is InChI=1S/C10H16ClNOS/c1-3-12-8(2)6-14-7-9-4-5-10(11)13-9/h4-5,8,12H,3,6-7H2,1-2H3. The van der Waals surface area contributed by atoms with Crippen molar-refractivity contribution in [2.24, 2.45) is 0 Å². The zero-order valence-corrected chi connectivity index (χ0v) is 10.1. The van der Waals surface area contributed by atoms with Crippen LogP contribution in [0.15, 0.2) is 16.5 Å². The summed E-state index contributed by atoms with van der Waals surface area (Å²) in [5, 5.41) is 3.83. The topological polar surface area (TPSA) is 25.2 Å². The molecule has 0 aliphatic rings. The van der Waals surface area contributed by atoms with Gasteiger partial charge in [-0.15, -0.1) is 0 Å². The number of rotatable bonds is 6. The van der Waals surface area contributed by atoms with Crippen LogP contribution in [0.2, 0.25) is 5.22 Å². The first-order chi connectivity index (χ1) is 6.72. The molecule has 80 valence electrons. The predicted molar refractivity (Wildman–Crippen MR) is 63.0 cm³/mol. The monoisotopic (exact) mass is 233 g/mol. The Hall–Kier alpha value is -0.120. The number of thioether (sulfide) groups is 1. The Balaban J connectivity index is 2.15. The van der Waals surface area contributed by atoms with Gasteiger partial charge in [-0.05, 0) is 37.2 Å². The average molecular weight is 234 g/mol. The Morgan fingerprint density at radius 1 is 1.57 bits per heavy atom. The lowest BCUT2D eigenvalue weighted by molar-refractivity contribution is 0.532. The fraction of sp³-hybridized carbons (Fsp3) is 0.600. The van der Waals surface area contributed by atoms with Crippen LogP contribution in [0.1, 0.15) is 19.6 Å². The highest BCUT2D eigenvalue weighted by molar-refractivity contribution is 7.98. The Bertz CT molecular complexity index is 264. The highest BCUT2D eigenvalue weighted by atomic mass is 35.5. The minimum Gasteiger partial charge on any atom is -0.449 e. The summed E-state index contributed by atoms with van der Waals surface area (Å²) in [5.41, 5.74) is 0. The molecule has 0 aromatic carbocycles. The summed E-state index contributed by atoms with van der Waals surface area (Å²) in [5.74, 6) is 2.93. The van der Waals surface area contributed by atoms with E-state index < -0.39 is 0 Å². The molecular weight excluding hydrogens is 218 g/mol. The third-order valence-corrected chi connectivity index (χ3v) is 3.22. The van der Waals surface area contributed by atoms with Gasteiger partial charge >= 0.3 is 0 Å². The van der Waals surface area contributed by atoms with E-state index in [1.165, 1.54) is 0 Å². The van der Waals surface area contributed by atoms with Crippen LogP contribution >= 0.6 is 23.4 Å². The maximum atomic E-state index is 5.66. The fourth-order valence-corrected chi connectivity index (χ4v) is 2.28. The van der Waals surface area contributed by atoms with Crippen molar-refractivity contribution in [3.8, 4) is 0 Å². The molecule has 0 fully saturated rings. The molecule has 0 radical (unpaired) electrons. The molecule has 0 amide bonds. The molecule has 1 aromatic heterocycles. The lowest BCUT2D eigenvalue weighted by Crippen LogP contribution is -2.27. The second-order valence-electron chi connectivity index (χ2n) is 3.18. The molecule has 2 nitrogen and oxygen atoms in total. The van der Waals surface area contributed by atoms with Gasteiger partial charge in [0.2, 0.25) is 0 Å². The van der Waals surface area contributed by atoms with Crippen molar-refractivity contribution in [2.45, 2.75) is 25.6 Å². The zero-order valence-electron chi connectivity index (χ0n) is 8.55. The second-order valence-corrected chi connectivity index (χ2v) is 4.58. The van der Waals surface area contributed by atoms with E-state index in [9.17, 15) is 0 Å². The van der Waals surface area contributed by atoms with Crippen LogP contribution < -0.4 is 5.32 Å². The quantitative estimate of drug-likeness (QED) is 0.817. The summed E-state index contributed by atoms with van der Waals surface area (Å²) in [6.07, 6.45) is 0. The first-order valence-electron chi connectivity index (χ1n) is 4.77. The molecule has 0 bridgehead atoms. The molecule has 0 saturated carbocycles. The number of nitrogens with one attached hydrogen (secondary N) is 1. The molecule has 1 aromatic rings. The van der Waals surface area contributed by atoms with Crippen LogP contribution in [0, 0.1) is 0 Å². The SMILES string of the molecule is CCNC(C)CSCc1ccc(Cl)o1. The van der Waals surface area contributed by atoms with Crippen LogP contribution in [0.3, 0.4) is 0 Å². The van der Waals surface area contributed by atoms with Crippen molar-refractivity contribution >= 4 is 23.4 Å². The molecule has 14 heavy (non-hydrogen) atoms. The minimum atomic E-state index is 0.473. The summed E-state index contributed by atoms with van der Waals surface area (Å²) < 4.78 is 5.25. The molecule has 0 aliphatic carbocycles. The molecule has 1 N–H and O–H groups in total. The normalized spacial score (nSPS) is 13.1. The van der Waals surface area contributed by atoms with Gasteiger partial charge in [0.05, 0.1) is 5.75 Å². The van der Waals surface area contributed by atoms with Crippen molar-refractivity contribution in [3.05, 3.63) is 23.1 Å². The number of furan rings is 1.